The molecule has 2 rings (SSSR count). The summed E-state index contributed by atoms with van der Waals surface area (Å²) in [4.78, 5) is 14.0. The molecule has 0 bridgehead atoms. The molecule has 1 aromatic carbocycles. The van der Waals surface area contributed by atoms with E-state index in [1.165, 1.54) is 0 Å². The summed E-state index contributed by atoms with van der Waals surface area (Å²) in [5.41, 5.74) is 0. The Morgan fingerprint density at radius 2 is 1.83 bits per heavy atom. The number of nitrogens with one attached hydrogen (secondary N) is 1. The summed E-state index contributed by atoms with van der Waals surface area (Å²) in [5.74, 6) is 1.86. The van der Waals surface area contributed by atoms with Gasteiger partial charge in [0.05, 0.1) is 13.0 Å². The summed E-state index contributed by atoms with van der Waals surface area (Å²) in [6.45, 7) is 6.18. The highest BCUT2D eigenvalue weighted by molar-refractivity contribution is 5.89. The van der Waals surface area contributed by atoms with Gasteiger partial charge in [0.1, 0.15) is 5.75 Å². The van der Waals surface area contributed by atoms with E-state index in [4.69, 9.17) is 4.74 Å². The van der Waals surface area contributed by atoms with Crippen molar-refractivity contribution in [2.45, 2.75) is 20.3 Å². The standard InChI is InChI=1S/C17H22N4O2/c1-3-21(4-2)16-11-10-15(19-20-16)18-17(22)12-13-23-14-8-6-5-7-9-14/h5-11H,3-4,12-13H2,1-2H3,(H,18,19,22). The van der Waals surface area contributed by atoms with Crippen LogP contribution in [0.5, 0.6) is 5.75 Å². The predicted octanol–water partition coefficient (Wildman–Crippen LogP) is 2.73. The van der Waals surface area contributed by atoms with E-state index >= 15 is 0 Å². The first-order chi connectivity index (χ1) is 11.2. The highest BCUT2D eigenvalue weighted by Gasteiger charge is 2.07. The molecule has 6 nitrogen and oxygen atoms in total. The first-order valence-electron chi connectivity index (χ1n) is 7.79. The van der Waals surface area contributed by atoms with Gasteiger partial charge in [-0.3, -0.25) is 4.79 Å². The minimum atomic E-state index is -0.147. The molecule has 1 aromatic heterocycles. The molecule has 2 aromatic rings. The molecule has 0 saturated heterocycles. The summed E-state index contributed by atoms with van der Waals surface area (Å²) in [6.07, 6.45) is 0.258. The number of anilines is 2. The molecular weight excluding hydrogens is 292 g/mol. The Bertz CT molecular complexity index is 598. The van der Waals surface area contributed by atoms with Gasteiger partial charge in [0.2, 0.25) is 5.91 Å². The van der Waals surface area contributed by atoms with Crippen molar-refractivity contribution in [3.63, 3.8) is 0 Å². The van der Waals surface area contributed by atoms with E-state index in [0.717, 1.165) is 24.7 Å². The van der Waals surface area contributed by atoms with Crippen LogP contribution in [0, 0.1) is 0 Å². The third-order valence-corrected chi connectivity index (χ3v) is 3.35. The fourth-order valence-corrected chi connectivity index (χ4v) is 2.09. The largest absolute Gasteiger partial charge is 0.493 e. The second-order valence-corrected chi connectivity index (χ2v) is 4.91. The van der Waals surface area contributed by atoms with E-state index in [9.17, 15) is 4.79 Å². The molecule has 0 unspecified atom stereocenters. The van der Waals surface area contributed by atoms with Gasteiger partial charge in [-0.15, -0.1) is 10.2 Å². The van der Waals surface area contributed by atoms with Crippen LogP contribution in [0.3, 0.4) is 0 Å². The molecule has 0 aliphatic carbocycles. The van der Waals surface area contributed by atoms with Crippen LogP contribution in [-0.2, 0) is 4.79 Å². The van der Waals surface area contributed by atoms with Crippen molar-refractivity contribution >= 4 is 17.5 Å². The first kappa shape index (κ1) is 16.7. The number of hydrogen-bond donors (Lipinski definition) is 1. The second kappa shape index (κ2) is 8.73. The number of para-hydroxylation sites is 1. The van der Waals surface area contributed by atoms with Gasteiger partial charge in [0.25, 0.3) is 0 Å². The van der Waals surface area contributed by atoms with Crippen LogP contribution < -0.4 is 15.0 Å². The Labute approximate surface area is 136 Å². The van der Waals surface area contributed by atoms with E-state index in [1.807, 2.05) is 36.4 Å². The first-order valence-corrected chi connectivity index (χ1v) is 7.79. The third-order valence-electron chi connectivity index (χ3n) is 3.35. The fraction of sp³-hybridized carbons (Fsp3) is 0.353. The van der Waals surface area contributed by atoms with E-state index in [1.54, 1.807) is 6.07 Å². The van der Waals surface area contributed by atoms with E-state index in [0.29, 0.717) is 12.4 Å². The highest BCUT2D eigenvalue weighted by Crippen LogP contribution is 2.12. The van der Waals surface area contributed by atoms with Crippen LogP contribution in [0.25, 0.3) is 0 Å². The van der Waals surface area contributed by atoms with Crippen molar-refractivity contribution < 1.29 is 9.53 Å². The van der Waals surface area contributed by atoms with E-state index in [2.05, 4.69) is 34.3 Å². The van der Waals surface area contributed by atoms with Crippen LogP contribution in [0.4, 0.5) is 11.6 Å². The van der Waals surface area contributed by atoms with Crippen LogP contribution in [0.15, 0.2) is 42.5 Å². The Balaban J connectivity index is 1.78. The molecule has 0 aliphatic rings. The molecule has 0 aliphatic heterocycles. The fourth-order valence-electron chi connectivity index (χ4n) is 2.09. The average Bonchev–Trinajstić information content (AvgIpc) is 2.58. The van der Waals surface area contributed by atoms with Gasteiger partial charge >= 0.3 is 0 Å². The van der Waals surface area contributed by atoms with Crippen LogP contribution in [-0.4, -0.2) is 35.8 Å². The summed E-state index contributed by atoms with van der Waals surface area (Å²) < 4.78 is 5.49. The molecule has 122 valence electrons. The number of carbonyl (C=O) groups is 1. The lowest BCUT2D eigenvalue weighted by Gasteiger charge is -2.18. The normalized spacial score (nSPS) is 10.2. The topological polar surface area (TPSA) is 67.4 Å². The maximum atomic E-state index is 11.9. The van der Waals surface area contributed by atoms with Gasteiger partial charge in [-0.2, -0.15) is 0 Å². The summed E-state index contributed by atoms with van der Waals surface area (Å²) in [7, 11) is 0. The number of amides is 1. The number of aromatic nitrogens is 2. The zero-order chi connectivity index (χ0) is 16.5. The van der Waals surface area contributed by atoms with Gasteiger partial charge in [0, 0.05) is 13.1 Å². The number of rotatable bonds is 8. The summed E-state index contributed by atoms with van der Waals surface area (Å²) >= 11 is 0. The number of benzene rings is 1. The maximum Gasteiger partial charge on any atom is 0.229 e. The highest BCUT2D eigenvalue weighted by atomic mass is 16.5. The molecule has 1 amide bonds. The van der Waals surface area contributed by atoms with E-state index < -0.39 is 0 Å². The summed E-state index contributed by atoms with van der Waals surface area (Å²) in [6, 6.07) is 13.0. The van der Waals surface area contributed by atoms with Crippen LogP contribution in [0.2, 0.25) is 0 Å². The smallest absolute Gasteiger partial charge is 0.229 e. The maximum absolute atomic E-state index is 11.9. The minimum absolute atomic E-state index is 0.147. The SMILES string of the molecule is CCN(CC)c1ccc(NC(=O)CCOc2ccccc2)nn1. The molecule has 6 heteroatoms. The molecule has 23 heavy (non-hydrogen) atoms. The molecule has 1 N–H and O–H groups in total. The molecule has 0 fully saturated rings. The zero-order valence-electron chi connectivity index (χ0n) is 13.5. The van der Waals surface area contributed by atoms with Gasteiger partial charge in [-0.05, 0) is 38.1 Å². The van der Waals surface area contributed by atoms with Crippen molar-refractivity contribution in [3.05, 3.63) is 42.5 Å². The average molecular weight is 314 g/mol. The molecule has 1 heterocycles. The lowest BCUT2D eigenvalue weighted by Crippen LogP contribution is -2.23. The number of ether oxygens (including phenoxy) is 1. The molecule has 0 saturated carbocycles. The molecule has 0 radical (unpaired) electrons. The third kappa shape index (κ3) is 5.25. The van der Waals surface area contributed by atoms with Crippen molar-refractivity contribution in [2.24, 2.45) is 0 Å². The Kier molecular flexibility index (Phi) is 6.35. The Morgan fingerprint density at radius 3 is 2.43 bits per heavy atom. The number of nitrogens with zero attached hydrogens (tertiary/aromatic N) is 3. The van der Waals surface area contributed by atoms with Crippen molar-refractivity contribution in [1.29, 1.82) is 0 Å². The zero-order valence-corrected chi connectivity index (χ0v) is 13.5. The van der Waals surface area contributed by atoms with Gasteiger partial charge in [0.15, 0.2) is 11.6 Å². The van der Waals surface area contributed by atoms with Crippen molar-refractivity contribution in [3.8, 4) is 5.75 Å². The van der Waals surface area contributed by atoms with Crippen molar-refractivity contribution in [1.82, 2.24) is 10.2 Å². The van der Waals surface area contributed by atoms with Gasteiger partial charge < -0.3 is 15.0 Å². The molecular formula is C17H22N4O2. The van der Waals surface area contributed by atoms with Crippen molar-refractivity contribution in [2.75, 3.05) is 29.9 Å². The van der Waals surface area contributed by atoms with Gasteiger partial charge in [-0.25, -0.2) is 0 Å². The minimum Gasteiger partial charge on any atom is -0.493 e. The number of carbonyl (C=O) groups excluding carboxylic acids is 1. The monoisotopic (exact) mass is 314 g/mol. The Morgan fingerprint density at radius 1 is 1.09 bits per heavy atom. The Hall–Kier alpha value is -2.63. The molecule has 0 spiro atoms. The quantitative estimate of drug-likeness (QED) is 0.811. The lowest BCUT2D eigenvalue weighted by molar-refractivity contribution is -0.116. The molecule has 0 atom stereocenters. The van der Waals surface area contributed by atoms with Gasteiger partial charge in [-0.1, -0.05) is 18.2 Å². The number of hydrogen-bond acceptors (Lipinski definition) is 5. The van der Waals surface area contributed by atoms with Crippen LogP contribution >= 0.6 is 0 Å². The summed E-state index contributed by atoms with van der Waals surface area (Å²) in [5, 5.41) is 10.9. The van der Waals surface area contributed by atoms with Crippen LogP contribution in [0.1, 0.15) is 20.3 Å². The second-order valence-electron chi connectivity index (χ2n) is 4.91. The lowest BCUT2D eigenvalue weighted by atomic mass is 10.3. The predicted molar refractivity (Wildman–Crippen MR) is 90.8 cm³/mol. The van der Waals surface area contributed by atoms with E-state index in [-0.39, 0.29) is 12.3 Å².